The van der Waals surface area contributed by atoms with Crippen LogP contribution in [0.15, 0.2) is 18.2 Å². The van der Waals surface area contributed by atoms with Crippen molar-refractivity contribution in [1.82, 2.24) is 20.2 Å². The first-order valence-corrected chi connectivity index (χ1v) is 9.81. The second kappa shape index (κ2) is 8.46. The van der Waals surface area contributed by atoms with E-state index in [1.54, 1.807) is 12.1 Å². The van der Waals surface area contributed by atoms with E-state index in [2.05, 4.69) is 22.2 Å². The van der Waals surface area contributed by atoms with Gasteiger partial charge in [0.2, 0.25) is 5.91 Å². The molecule has 27 heavy (non-hydrogen) atoms. The van der Waals surface area contributed by atoms with Gasteiger partial charge in [-0.3, -0.25) is 9.59 Å². The van der Waals surface area contributed by atoms with Crippen molar-refractivity contribution in [3.63, 3.8) is 0 Å². The fourth-order valence-electron chi connectivity index (χ4n) is 3.40. The second-order valence-electron chi connectivity index (χ2n) is 7.33. The van der Waals surface area contributed by atoms with Gasteiger partial charge in [0.1, 0.15) is 0 Å². The summed E-state index contributed by atoms with van der Waals surface area (Å²) in [6, 6.07) is 5.55. The number of hydrogen-bond acceptors (Lipinski definition) is 4. The van der Waals surface area contributed by atoms with Gasteiger partial charge in [0.05, 0.1) is 22.4 Å². The molecule has 144 valence electrons. The van der Waals surface area contributed by atoms with Crippen molar-refractivity contribution >= 4 is 22.8 Å². The third kappa shape index (κ3) is 4.62. The van der Waals surface area contributed by atoms with Crippen molar-refractivity contribution in [1.29, 1.82) is 0 Å². The molecule has 1 aromatic carbocycles. The lowest BCUT2D eigenvalue weighted by atomic mass is 10.0. The van der Waals surface area contributed by atoms with Gasteiger partial charge >= 0.3 is 0 Å². The number of benzene rings is 1. The normalized spacial score (nSPS) is 15.1. The summed E-state index contributed by atoms with van der Waals surface area (Å²) < 4.78 is 0. The number of fused-ring (bicyclic) bond motifs is 1. The van der Waals surface area contributed by atoms with Gasteiger partial charge in [0.15, 0.2) is 0 Å². The predicted octanol–water partition coefficient (Wildman–Crippen LogP) is 3.16. The molecule has 0 atom stereocenters. The second-order valence-corrected chi connectivity index (χ2v) is 7.33. The summed E-state index contributed by atoms with van der Waals surface area (Å²) in [5.74, 6) is 0.146. The van der Waals surface area contributed by atoms with Crippen LogP contribution in [0.1, 0.15) is 60.8 Å². The number of rotatable bonds is 5. The third-order valence-electron chi connectivity index (χ3n) is 5.26. The summed E-state index contributed by atoms with van der Waals surface area (Å²) in [6.07, 6.45) is 4.21. The molecule has 0 spiro atoms. The average molecular weight is 368 g/mol. The number of aryl methyl sites for hydroxylation is 2. The van der Waals surface area contributed by atoms with E-state index in [9.17, 15) is 9.59 Å². The molecule has 1 aliphatic heterocycles. The Balaban J connectivity index is 1.59. The van der Waals surface area contributed by atoms with Crippen LogP contribution in [0.5, 0.6) is 0 Å². The summed E-state index contributed by atoms with van der Waals surface area (Å²) in [4.78, 5) is 35.7. The van der Waals surface area contributed by atoms with E-state index in [1.807, 2.05) is 24.8 Å². The quantitative estimate of drug-likeness (QED) is 0.880. The first-order chi connectivity index (χ1) is 13.0. The molecule has 0 radical (unpaired) electrons. The standard InChI is InChI=1S/C21H28N4O2/c1-4-5-6-20(26)25-11-9-17(10-12-25)24-21(27)16-7-8-18-19(13-16)23-15(3)14(2)22-18/h7-8,13,17H,4-6,9-12H2,1-3H3,(H,24,27). The number of nitrogens with one attached hydrogen (secondary N) is 1. The monoisotopic (exact) mass is 368 g/mol. The minimum atomic E-state index is -0.0901. The molecule has 1 fully saturated rings. The number of nitrogens with zero attached hydrogens (tertiary/aromatic N) is 3. The zero-order valence-corrected chi connectivity index (χ0v) is 16.4. The predicted molar refractivity (Wildman–Crippen MR) is 106 cm³/mol. The highest BCUT2D eigenvalue weighted by atomic mass is 16.2. The van der Waals surface area contributed by atoms with Crippen LogP contribution in [0, 0.1) is 13.8 Å². The maximum Gasteiger partial charge on any atom is 0.251 e. The minimum Gasteiger partial charge on any atom is -0.349 e. The van der Waals surface area contributed by atoms with Gasteiger partial charge in [-0.25, -0.2) is 9.97 Å². The van der Waals surface area contributed by atoms with Crippen LogP contribution >= 0.6 is 0 Å². The first-order valence-electron chi connectivity index (χ1n) is 9.81. The fraction of sp³-hybridized carbons (Fsp3) is 0.524. The lowest BCUT2D eigenvalue weighted by Gasteiger charge is -2.32. The Hall–Kier alpha value is -2.50. The van der Waals surface area contributed by atoms with Gasteiger partial charge in [0.25, 0.3) is 5.91 Å². The number of likely N-dealkylation sites (tertiary alicyclic amines) is 1. The van der Waals surface area contributed by atoms with Crippen LogP contribution in [0.2, 0.25) is 0 Å². The van der Waals surface area contributed by atoms with Crippen molar-refractivity contribution in [2.45, 2.75) is 58.9 Å². The molecular weight excluding hydrogens is 340 g/mol. The lowest BCUT2D eigenvalue weighted by Crippen LogP contribution is -2.46. The number of carbonyl (C=O) groups excluding carboxylic acids is 2. The molecule has 3 rings (SSSR count). The Morgan fingerprint density at radius 1 is 1.11 bits per heavy atom. The zero-order chi connectivity index (χ0) is 19.4. The van der Waals surface area contributed by atoms with Gasteiger partial charge in [-0.15, -0.1) is 0 Å². The van der Waals surface area contributed by atoms with Gasteiger partial charge < -0.3 is 10.2 Å². The van der Waals surface area contributed by atoms with Crippen LogP contribution < -0.4 is 5.32 Å². The Kier molecular flexibility index (Phi) is 6.04. The molecule has 1 aromatic heterocycles. The summed E-state index contributed by atoms with van der Waals surface area (Å²) in [7, 11) is 0. The highest BCUT2D eigenvalue weighted by Crippen LogP contribution is 2.16. The molecule has 2 aromatic rings. The molecule has 6 nitrogen and oxygen atoms in total. The molecule has 2 amide bonds. The maximum atomic E-state index is 12.6. The first kappa shape index (κ1) is 19.3. The van der Waals surface area contributed by atoms with Crippen LogP contribution in [-0.2, 0) is 4.79 Å². The molecule has 0 bridgehead atoms. The number of carbonyl (C=O) groups is 2. The highest BCUT2D eigenvalue weighted by molar-refractivity contribution is 5.97. The van der Waals surface area contributed by atoms with Gasteiger partial charge in [-0.2, -0.15) is 0 Å². The molecule has 0 aliphatic carbocycles. The molecule has 6 heteroatoms. The molecule has 1 aliphatic rings. The number of unbranched alkanes of at least 4 members (excludes halogenated alkanes) is 1. The Bertz CT molecular complexity index is 841. The summed E-state index contributed by atoms with van der Waals surface area (Å²) in [5, 5.41) is 3.10. The highest BCUT2D eigenvalue weighted by Gasteiger charge is 2.23. The Labute approximate surface area is 160 Å². The Morgan fingerprint density at radius 2 is 1.78 bits per heavy atom. The Morgan fingerprint density at radius 3 is 2.44 bits per heavy atom. The van der Waals surface area contributed by atoms with Gasteiger partial charge in [-0.1, -0.05) is 13.3 Å². The summed E-state index contributed by atoms with van der Waals surface area (Å²) >= 11 is 0. The number of piperidine rings is 1. The number of aromatic nitrogens is 2. The molecule has 2 heterocycles. The van der Waals surface area contributed by atoms with E-state index >= 15 is 0 Å². The van der Waals surface area contributed by atoms with E-state index in [-0.39, 0.29) is 17.9 Å². The number of hydrogen-bond donors (Lipinski definition) is 1. The van der Waals surface area contributed by atoms with Crippen molar-refractivity contribution in [2.24, 2.45) is 0 Å². The zero-order valence-electron chi connectivity index (χ0n) is 16.4. The maximum absolute atomic E-state index is 12.6. The van der Waals surface area contributed by atoms with Gasteiger partial charge in [0, 0.05) is 31.1 Å². The van der Waals surface area contributed by atoms with Crippen molar-refractivity contribution in [2.75, 3.05) is 13.1 Å². The largest absolute Gasteiger partial charge is 0.349 e. The fourth-order valence-corrected chi connectivity index (χ4v) is 3.40. The molecule has 1 saturated heterocycles. The smallest absolute Gasteiger partial charge is 0.251 e. The van der Waals surface area contributed by atoms with E-state index in [4.69, 9.17) is 0 Å². The van der Waals surface area contributed by atoms with E-state index < -0.39 is 0 Å². The van der Waals surface area contributed by atoms with E-state index in [0.717, 1.165) is 61.2 Å². The third-order valence-corrected chi connectivity index (χ3v) is 5.26. The molecule has 0 unspecified atom stereocenters. The van der Waals surface area contributed by atoms with Crippen LogP contribution in [-0.4, -0.2) is 45.8 Å². The summed E-state index contributed by atoms with van der Waals surface area (Å²) in [6.45, 7) is 7.38. The van der Waals surface area contributed by atoms with Crippen molar-refractivity contribution in [3.8, 4) is 0 Å². The van der Waals surface area contributed by atoms with E-state index in [1.165, 1.54) is 0 Å². The van der Waals surface area contributed by atoms with Gasteiger partial charge in [-0.05, 0) is 51.3 Å². The summed E-state index contributed by atoms with van der Waals surface area (Å²) in [5.41, 5.74) is 3.91. The van der Waals surface area contributed by atoms with Crippen LogP contribution in [0.3, 0.4) is 0 Å². The van der Waals surface area contributed by atoms with Crippen molar-refractivity contribution < 1.29 is 9.59 Å². The van der Waals surface area contributed by atoms with Crippen LogP contribution in [0.4, 0.5) is 0 Å². The minimum absolute atomic E-state index is 0.0901. The average Bonchev–Trinajstić information content (AvgIpc) is 2.67. The molecule has 0 saturated carbocycles. The number of amides is 2. The SMILES string of the molecule is CCCCC(=O)N1CCC(NC(=O)c2ccc3nc(C)c(C)nc3c2)CC1. The van der Waals surface area contributed by atoms with E-state index in [0.29, 0.717) is 12.0 Å². The van der Waals surface area contributed by atoms with Crippen LogP contribution in [0.25, 0.3) is 11.0 Å². The van der Waals surface area contributed by atoms with Crippen molar-refractivity contribution in [3.05, 3.63) is 35.2 Å². The topological polar surface area (TPSA) is 75.2 Å². The lowest BCUT2D eigenvalue weighted by molar-refractivity contribution is -0.132. The molecule has 1 N–H and O–H groups in total. The molecular formula is C21H28N4O2.